The fourth-order valence-electron chi connectivity index (χ4n) is 2.10. The maximum Gasteiger partial charge on any atom is 0.142 e. The summed E-state index contributed by atoms with van der Waals surface area (Å²) in [5.74, 6) is 0.0976. The Labute approximate surface area is 91.0 Å². The van der Waals surface area contributed by atoms with Crippen molar-refractivity contribution in [2.24, 2.45) is 5.92 Å². The summed E-state index contributed by atoms with van der Waals surface area (Å²) >= 11 is 0. The van der Waals surface area contributed by atoms with Crippen LogP contribution in [0.5, 0.6) is 0 Å². The lowest BCUT2D eigenvalue weighted by Crippen LogP contribution is -2.37. The molecule has 82 valence electrons. The van der Waals surface area contributed by atoms with E-state index < -0.39 is 5.60 Å². The molecule has 0 amide bonds. The maximum atomic E-state index is 10.4. The van der Waals surface area contributed by atoms with E-state index in [-0.39, 0.29) is 5.92 Å². The predicted octanol–water partition coefficient (Wildman–Crippen LogP) is 2.41. The molecule has 1 N–H and O–H groups in total. The Morgan fingerprint density at radius 2 is 2.13 bits per heavy atom. The molecule has 2 unspecified atom stereocenters. The second-order valence-electron chi connectivity index (χ2n) is 3.96. The Bertz CT molecular complexity index is 278. The number of hydrogen-bond acceptors (Lipinski definition) is 2. The van der Waals surface area contributed by atoms with Gasteiger partial charge in [0.25, 0.3) is 0 Å². The van der Waals surface area contributed by atoms with Crippen molar-refractivity contribution in [2.45, 2.75) is 31.3 Å². The molecule has 0 aromatic carbocycles. The third-order valence-corrected chi connectivity index (χ3v) is 2.93. The van der Waals surface area contributed by atoms with Crippen molar-refractivity contribution in [1.29, 1.82) is 0 Å². The van der Waals surface area contributed by atoms with Crippen LogP contribution >= 0.6 is 0 Å². The Balaban J connectivity index is 2.79. The molecule has 0 aromatic rings. The molecular formula is C13H18O2. The summed E-state index contributed by atoms with van der Waals surface area (Å²) in [6.07, 6.45) is 13.1. The van der Waals surface area contributed by atoms with E-state index in [9.17, 15) is 9.90 Å². The molecule has 0 saturated heterocycles. The van der Waals surface area contributed by atoms with Crippen LogP contribution in [-0.4, -0.2) is 17.0 Å². The van der Waals surface area contributed by atoms with Crippen LogP contribution < -0.4 is 0 Å². The zero-order valence-electron chi connectivity index (χ0n) is 8.93. The first-order valence-electron chi connectivity index (χ1n) is 5.37. The summed E-state index contributed by atoms with van der Waals surface area (Å²) in [4.78, 5) is 10.3. The molecule has 1 aliphatic carbocycles. The van der Waals surface area contributed by atoms with Gasteiger partial charge in [0.2, 0.25) is 0 Å². The van der Waals surface area contributed by atoms with Crippen molar-refractivity contribution in [2.75, 3.05) is 0 Å². The highest BCUT2D eigenvalue weighted by Crippen LogP contribution is 2.35. The number of carbonyl (C=O) groups excluding carboxylic acids is 1. The van der Waals surface area contributed by atoms with Crippen LogP contribution in [0.15, 0.2) is 37.0 Å². The van der Waals surface area contributed by atoms with E-state index in [2.05, 4.69) is 6.58 Å². The van der Waals surface area contributed by atoms with E-state index in [4.69, 9.17) is 0 Å². The molecule has 2 atom stereocenters. The van der Waals surface area contributed by atoms with Gasteiger partial charge in [-0.3, -0.25) is 4.79 Å². The summed E-state index contributed by atoms with van der Waals surface area (Å²) < 4.78 is 0. The lowest BCUT2D eigenvalue weighted by atomic mass is 9.75. The van der Waals surface area contributed by atoms with Gasteiger partial charge in [-0.25, -0.2) is 0 Å². The van der Waals surface area contributed by atoms with E-state index in [1.807, 2.05) is 12.2 Å². The molecule has 1 saturated carbocycles. The molecule has 2 heteroatoms. The maximum absolute atomic E-state index is 10.4. The fraction of sp³-hybridized carbons (Fsp3) is 0.462. The quantitative estimate of drug-likeness (QED) is 0.435. The first-order chi connectivity index (χ1) is 7.23. The highest BCUT2D eigenvalue weighted by atomic mass is 16.3. The van der Waals surface area contributed by atoms with Gasteiger partial charge in [0.1, 0.15) is 6.29 Å². The minimum Gasteiger partial charge on any atom is -0.385 e. The van der Waals surface area contributed by atoms with Gasteiger partial charge in [-0.1, -0.05) is 37.6 Å². The Hall–Kier alpha value is -1.15. The third kappa shape index (κ3) is 3.17. The lowest BCUT2D eigenvalue weighted by Gasteiger charge is -2.36. The first kappa shape index (κ1) is 11.9. The second kappa shape index (κ2) is 5.66. The fourth-order valence-corrected chi connectivity index (χ4v) is 2.10. The van der Waals surface area contributed by atoms with Gasteiger partial charge in [-0.2, -0.15) is 0 Å². The standard InChI is InChI=1S/C13H18O2/c1-2-3-7-12-8-4-5-9-13(12,15)10-6-11-14/h2-3,6-7,10-12,15H,1,4-5,8-9H2. The van der Waals surface area contributed by atoms with Gasteiger partial charge in [-0.05, 0) is 25.0 Å². The number of aliphatic hydroxyl groups is 1. The average Bonchev–Trinajstić information content (AvgIpc) is 2.25. The molecular weight excluding hydrogens is 188 g/mol. The van der Waals surface area contributed by atoms with Crippen LogP contribution in [0.25, 0.3) is 0 Å². The molecule has 1 rings (SSSR count). The summed E-state index contributed by atoms with van der Waals surface area (Å²) in [6, 6.07) is 0. The summed E-state index contributed by atoms with van der Waals surface area (Å²) in [5, 5.41) is 10.4. The van der Waals surface area contributed by atoms with Gasteiger partial charge < -0.3 is 5.11 Å². The highest BCUT2D eigenvalue weighted by Gasteiger charge is 2.34. The average molecular weight is 206 g/mol. The molecule has 0 bridgehead atoms. The Morgan fingerprint density at radius 1 is 1.33 bits per heavy atom. The molecule has 0 radical (unpaired) electrons. The number of allylic oxidation sites excluding steroid dienone is 3. The number of carbonyl (C=O) groups is 1. The zero-order chi connectivity index (χ0) is 11.1. The second-order valence-corrected chi connectivity index (χ2v) is 3.96. The van der Waals surface area contributed by atoms with E-state index in [1.165, 1.54) is 6.08 Å². The highest BCUT2D eigenvalue weighted by molar-refractivity contribution is 5.65. The predicted molar refractivity (Wildman–Crippen MR) is 61.4 cm³/mol. The normalized spacial score (nSPS) is 32.2. The van der Waals surface area contributed by atoms with Crippen molar-refractivity contribution in [3.63, 3.8) is 0 Å². The Morgan fingerprint density at radius 3 is 2.80 bits per heavy atom. The number of hydrogen-bond donors (Lipinski definition) is 1. The van der Waals surface area contributed by atoms with Crippen molar-refractivity contribution in [3.8, 4) is 0 Å². The molecule has 15 heavy (non-hydrogen) atoms. The van der Waals surface area contributed by atoms with E-state index in [1.54, 1.807) is 12.2 Å². The van der Waals surface area contributed by atoms with Crippen LogP contribution in [0, 0.1) is 5.92 Å². The van der Waals surface area contributed by atoms with Crippen LogP contribution in [0.1, 0.15) is 25.7 Å². The Kier molecular flexibility index (Phi) is 4.50. The number of rotatable bonds is 4. The minimum atomic E-state index is -0.849. The SMILES string of the molecule is C=CC=CC1CCCCC1(O)C=CC=O. The molecule has 0 aliphatic heterocycles. The van der Waals surface area contributed by atoms with Crippen LogP contribution in [0.2, 0.25) is 0 Å². The van der Waals surface area contributed by atoms with Crippen molar-refractivity contribution < 1.29 is 9.90 Å². The summed E-state index contributed by atoms with van der Waals surface area (Å²) in [6.45, 7) is 3.61. The molecule has 0 heterocycles. The first-order valence-corrected chi connectivity index (χ1v) is 5.37. The third-order valence-electron chi connectivity index (χ3n) is 2.93. The monoisotopic (exact) mass is 206 g/mol. The smallest absolute Gasteiger partial charge is 0.142 e. The van der Waals surface area contributed by atoms with Crippen LogP contribution in [0.4, 0.5) is 0 Å². The van der Waals surface area contributed by atoms with Gasteiger partial charge in [0, 0.05) is 5.92 Å². The molecule has 0 spiro atoms. The van der Waals surface area contributed by atoms with Crippen molar-refractivity contribution >= 4 is 6.29 Å². The summed E-state index contributed by atoms with van der Waals surface area (Å²) in [5.41, 5.74) is -0.849. The topological polar surface area (TPSA) is 37.3 Å². The van der Waals surface area contributed by atoms with Crippen LogP contribution in [0.3, 0.4) is 0 Å². The molecule has 0 aromatic heterocycles. The van der Waals surface area contributed by atoms with Gasteiger partial charge >= 0.3 is 0 Å². The van der Waals surface area contributed by atoms with Gasteiger partial charge in [0.05, 0.1) is 5.60 Å². The molecule has 1 aliphatic rings. The van der Waals surface area contributed by atoms with Crippen molar-refractivity contribution in [1.82, 2.24) is 0 Å². The molecule has 2 nitrogen and oxygen atoms in total. The number of aldehydes is 1. The minimum absolute atomic E-state index is 0.0976. The summed E-state index contributed by atoms with van der Waals surface area (Å²) in [7, 11) is 0. The van der Waals surface area contributed by atoms with E-state index in [0.29, 0.717) is 6.29 Å². The zero-order valence-corrected chi connectivity index (χ0v) is 8.93. The molecule has 1 fully saturated rings. The van der Waals surface area contributed by atoms with E-state index >= 15 is 0 Å². The van der Waals surface area contributed by atoms with Crippen LogP contribution in [-0.2, 0) is 4.79 Å². The van der Waals surface area contributed by atoms with E-state index in [0.717, 1.165) is 25.7 Å². The lowest BCUT2D eigenvalue weighted by molar-refractivity contribution is -0.104. The van der Waals surface area contributed by atoms with Gasteiger partial charge in [-0.15, -0.1) is 0 Å². The van der Waals surface area contributed by atoms with Crippen molar-refractivity contribution in [3.05, 3.63) is 37.0 Å². The van der Waals surface area contributed by atoms with Gasteiger partial charge in [0.15, 0.2) is 0 Å². The largest absolute Gasteiger partial charge is 0.385 e.